The van der Waals surface area contributed by atoms with Gasteiger partial charge in [0.1, 0.15) is 0 Å². The molecule has 0 aromatic carbocycles. The van der Waals surface area contributed by atoms with Crippen LogP contribution in [0.15, 0.2) is 24.7 Å². The van der Waals surface area contributed by atoms with Gasteiger partial charge in [0.05, 0.1) is 18.5 Å². The van der Waals surface area contributed by atoms with Crippen LogP contribution in [0.2, 0.25) is 18.1 Å². The van der Waals surface area contributed by atoms with E-state index in [2.05, 4.69) is 43.8 Å². The van der Waals surface area contributed by atoms with E-state index in [0.717, 1.165) is 5.69 Å². The minimum atomic E-state index is -1.63. The maximum atomic E-state index is 6.02. The van der Waals surface area contributed by atoms with Gasteiger partial charge in [-0.15, -0.1) is 0 Å². The highest BCUT2D eigenvalue weighted by atomic mass is 28.4. The van der Waals surface area contributed by atoms with E-state index in [1.54, 1.807) is 18.6 Å². The molecule has 0 atom stereocenters. The van der Waals surface area contributed by atoms with Crippen LogP contribution in [0, 0.1) is 0 Å². The molecule has 17 heavy (non-hydrogen) atoms. The van der Waals surface area contributed by atoms with Crippen molar-refractivity contribution < 1.29 is 4.43 Å². The summed E-state index contributed by atoms with van der Waals surface area (Å²) in [5.74, 6) is 0. The van der Waals surface area contributed by atoms with Gasteiger partial charge in [0.15, 0.2) is 8.32 Å². The molecule has 3 nitrogen and oxygen atoms in total. The summed E-state index contributed by atoms with van der Waals surface area (Å²) in [6.07, 6.45) is 9.05. The highest BCUT2D eigenvalue weighted by Gasteiger charge is 2.36. The van der Waals surface area contributed by atoms with Crippen molar-refractivity contribution in [1.29, 1.82) is 0 Å². The molecule has 0 N–H and O–H groups in total. The predicted octanol–water partition coefficient (Wildman–Crippen LogP) is 3.51. The molecule has 0 spiro atoms. The van der Waals surface area contributed by atoms with E-state index in [0.29, 0.717) is 6.61 Å². The standard InChI is InChI=1S/C13H22N2OSi/c1-13(2,3)17(4,5)16-10-6-7-12-11-14-8-9-15-12/h6-9,11H,10H2,1-5H3/b7-6+. The molecule has 0 aliphatic heterocycles. The van der Waals surface area contributed by atoms with Crippen LogP contribution in [-0.2, 0) is 4.43 Å². The first-order valence-electron chi connectivity index (χ1n) is 5.89. The Balaban J connectivity index is 2.46. The highest BCUT2D eigenvalue weighted by Crippen LogP contribution is 2.36. The lowest BCUT2D eigenvalue weighted by atomic mass is 10.2. The van der Waals surface area contributed by atoms with Crippen molar-refractivity contribution in [2.75, 3.05) is 6.61 Å². The van der Waals surface area contributed by atoms with E-state index in [1.165, 1.54) is 0 Å². The molecule has 1 aromatic heterocycles. The average molecular weight is 250 g/mol. The van der Waals surface area contributed by atoms with Crippen molar-refractivity contribution in [2.24, 2.45) is 0 Å². The number of rotatable bonds is 4. The first-order valence-corrected chi connectivity index (χ1v) is 8.80. The van der Waals surface area contributed by atoms with E-state index in [9.17, 15) is 0 Å². The van der Waals surface area contributed by atoms with Crippen LogP contribution in [0.5, 0.6) is 0 Å². The fourth-order valence-corrected chi connectivity index (χ4v) is 1.98. The third-order valence-corrected chi connectivity index (χ3v) is 7.72. The van der Waals surface area contributed by atoms with E-state index in [-0.39, 0.29) is 5.04 Å². The average Bonchev–Trinajstić information content (AvgIpc) is 2.24. The molecule has 0 unspecified atom stereocenters. The van der Waals surface area contributed by atoms with E-state index >= 15 is 0 Å². The smallest absolute Gasteiger partial charge is 0.192 e. The van der Waals surface area contributed by atoms with E-state index in [1.807, 2.05) is 12.2 Å². The quantitative estimate of drug-likeness (QED) is 0.767. The SMILES string of the molecule is CC(C)(C)[Si](C)(C)OC/C=C/c1cnccn1. The molecular formula is C13H22N2OSi. The Morgan fingerprint density at radius 2 is 2.00 bits per heavy atom. The van der Waals surface area contributed by atoms with Gasteiger partial charge in [0.25, 0.3) is 0 Å². The number of hydrogen-bond acceptors (Lipinski definition) is 3. The normalized spacial score (nSPS) is 13.2. The second kappa shape index (κ2) is 5.56. The number of nitrogens with zero attached hydrogens (tertiary/aromatic N) is 2. The molecular weight excluding hydrogens is 228 g/mol. The molecule has 0 radical (unpaired) electrons. The number of aromatic nitrogens is 2. The lowest BCUT2D eigenvalue weighted by Gasteiger charge is -2.35. The monoisotopic (exact) mass is 250 g/mol. The fraction of sp³-hybridized carbons (Fsp3) is 0.538. The van der Waals surface area contributed by atoms with Crippen LogP contribution in [0.25, 0.3) is 6.08 Å². The molecule has 0 aliphatic rings. The van der Waals surface area contributed by atoms with Crippen LogP contribution in [0.3, 0.4) is 0 Å². The molecule has 0 fully saturated rings. The zero-order valence-electron chi connectivity index (χ0n) is 11.4. The van der Waals surface area contributed by atoms with Gasteiger partial charge in [-0.1, -0.05) is 26.8 Å². The fourth-order valence-electron chi connectivity index (χ4n) is 1.04. The van der Waals surface area contributed by atoms with Crippen molar-refractivity contribution in [3.8, 4) is 0 Å². The first kappa shape index (κ1) is 14.1. The summed E-state index contributed by atoms with van der Waals surface area (Å²) < 4.78 is 6.02. The summed E-state index contributed by atoms with van der Waals surface area (Å²) in [4.78, 5) is 8.17. The molecule has 1 rings (SSSR count). The lowest BCUT2D eigenvalue weighted by molar-refractivity contribution is 0.328. The van der Waals surface area contributed by atoms with Crippen LogP contribution in [0.4, 0.5) is 0 Å². The van der Waals surface area contributed by atoms with Gasteiger partial charge in [-0.05, 0) is 24.2 Å². The zero-order chi connectivity index (χ0) is 12.9. The largest absolute Gasteiger partial charge is 0.413 e. The summed E-state index contributed by atoms with van der Waals surface area (Å²) >= 11 is 0. The molecule has 0 saturated heterocycles. The van der Waals surface area contributed by atoms with Crippen molar-refractivity contribution in [3.05, 3.63) is 30.4 Å². The van der Waals surface area contributed by atoms with Crippen molar-refractivity contribution >= 4 is 14.4 Å². The Morgan fingerprint density at radius 3 is 2.53 bits per heavy atom. The molecule has 0 aliphatic carbocycles. The van der Waals surface area contributed by atoms with Gasteiger partial charge in [-0.3, -0.25) is 9.97 Å². The van der Waals surface area contributed by atoms with Crippen LogP contribution in [-0.4, -0.2) is 24.9 Å². The molecule has 4 heteroatoms. The Kier molecular flexibility index (Phi) is 4.59. The second-order valence-corrected chi connectivity index (χ2v) is 10.4. The predicted molar refractivity (Wildman–Crippen MR) is 74.2 cm³/mol. The molecule has 1 heterocycles. The molecule has 94 valence electrons. The Morgan fingerprint density at radius 1 is 1.29 bits per heavy atom. The van der Waals surface area contributed by atoms with E-state index < -0.39 is 8.32 Å². The maximum Gasteiger partial charge on any atom is 0.192 e. The Bertz CT molecular complexity index is 369. The summed E-state index contributed by atoms with van der Waals surface area (Å²) in [6.45, 7) is 11.9. The third kappa shape index (κ3) is 4.40. The van der Waals surface area contributed by atoms with Gasteiger partial charge in [-0.2, -0.15) is 0 Å². The lowest BCUT2D eigenvalue weighted by Crippen LogP contribution is -2.40. The molecule has 0 amide bonds. The summed E-state index contributed by atoms with van der Waals surface area (Å²) in [6, 6.07) is 0. The first-order chi connectivity index (χ1) is 7.83. The second-order valence-electron chi connectivity index (χ2n) is 5.60. The van der Waals surface area contributed by atoms with Crippen LogP contribution >= 0.6 is 0 Å². The van der Waals surface area contributed by atoms with Gasteiger partial charge in [0, 0.05) is 12.4 Å². The summed E-state index contributed by atoms with van der Waals surface area (Å²) in [5.41, 5.74) is 0.867. The van der Waals surface area contributed by atoms with Crippen molar-refractivity contribution in [1.82, 2.24) is 9.97 Å². The van der Waals surface area contributed by atoms with Crippen LogP contribution in [0.1, 0.15) is 26.5 Å². The van der Waals surface area contributed by atoms with Gasteiger partial charge in [-0.25, -0.2) is 0 Å². The summed E-state index contributed by atoms with van der Waals surface area (Å²) in [5, 5.41) is 0.257. The Hall–Kier alpha value is -1.00. The molecule has 1 aromatic rings. The molecule has 0 saturated carbocycles. The number of hydrogen-bond donors (Lipinski definition) is 0. The maximum absolute atomic E-state index is 6.02. The van der Waals surface area contributed by atoms with Gasteiger partial charge in [0.2, 0.25) is 0 Å². The zero-order valence-corrected chi connectivity index (χ0v) is 12.4. The van der Waals surface area contributed by atoms with Gasteiger partial charge < -0.3 is 4.43 Å². The van der Waals surface area contributed by atoms with Crippen molar-refractivity contribution in [3.63, 3.8) is 0 Å². The minimum absolute atomic E-state index is 0.257. The minimum Gasteiger partial charge on any atom is -0.413 e. The van der Waals surface area contributed by atoms with E-state index in [4.69, 9.17) is 4.43 Å². The van der Waals surface area contributed by atoms with Crippen LogP contribution < -0.4 is 0 Å². The van der Waals surface area contributed by atoms with Crippen molar-refractivity contribution in [2.45, 2.75) is 38.9 Å². The van der Waals surface area contributed by atoms with Gasteiger partial charge >= 0.3 is 0 Å². The Labute approximate surface area is 105 Å². The topological polar surface area (TPSA) is 35.0 Å². The summed E-state index contributed by atoms with van der Waals surface area (Å²) in [7, 11) is -1.63. The molecule has 0 bridgehead atoms. The highest BCUT2D eigenvalue weighted by molar-refractivity contribution is 6.74. The third-order valence-electron chi connectivity index (χ3n) is 3.22.